The van der Waals surface area contributed by atoms with Gasteiger partial charge in [-0.1, -0.05) is 12.1 Å². The first-order valence-corrected chi connectivity index (χ1v) is 9.18. The molecule has 5 nitrogen and oxygen atoms in total. The number of thiophene rings is 1. The van der Waals surface area contributed by atoms with Gasteiger partial charge in [0, 0.05) is 35.1 Å². The van der Waals surface area contributed by atoms with Gasteiger partial charge in [0.15, 0.2) is 0 Å². The summed E-state index contributed by atoms with van der Waals surface area (Å²) in [4.78, 5) is 19.0. The van der Waals surface area contributed by atoms with Gasteiger partial charge in [-0.05, 0) is 37.3 Å². The molecule has 0 saturated carbocycles. The van der Waals surface area contributed by atoms with Crippen LogP contribution in [0.3, 0.4) is 0 Å². The van der Waals surface area contributed by atoms with E-state index in [2.05, 4.69) is 35.2 Å². The van der Waals surface area contributed by atoms with E-state index in [9.17, 15) is 4.79 Å². The van der Waals surface area contributed by atoms with Crippen molar-refractivity contribution < 1.29 is 4.79 Å². The average Bonchev–Trinajstić information content (AvgIpc) is 3.23. The van der Waals surface area contributed by atoms with Crippen LogP contribution in [0.25, 0.3) is 10.1 Å². The summed E-state index contributed by atoms with van der Waals surface area (Å²) in [6.45, 7) is 4.55. The molecule has 1 saturated heterocycles. The van der Waals surface area contributed by atoms with E-state index in [1.165, 1.54) is 10.3 Å². The molecule has 1 amide bonds. The van der Waals surface area contributed by atoms with Crippen LogP contribution < -0.4 is 0 Å². The first-order chi connectivity index (χ1) is 11.7. The Hall–Kier alpha value is -2.21. The summed E-state index contributed by atoms with van der Waals surface area (Å²) in [7, 11) is 0. The van der Waals surface area contributed by atoms with E-state index in [0.717, 1.165) is 43.4 Å². The van der Waals surface area contributed by atoms with Crippen LogP contribution in [0, 0.1) is 12.8 Å². The quantitative estimate of drug-likeness (QED) is 0.735. The van der Waals surface area contributed by atoms with Crippen molar-refractivity contribution in [3.63, 3.8) is 0 Å². The first-order valence-electron chi connectivity index (χ1n) is 8.30. The largest absolute Gasteiger partial charge is 0.338 e. The molecule has 1 fully saturated rings. The Morgan fingerprint density at radius 2 is 2.33 bits per heavy atom. The second-order valence-corrected chi connectivity index (χ2v) is 7.44. The molecule has 3 aromatic rings. The zero-order chi connectivity index (χ0) is 16.5. The van der Waals surface area contributed by atoms with Gasteiger partial charge in [-0.25, -0.2) is 4.98 Å². The maximum atomic E-state index is 13.0. The van der Waals surface area contributed by atoms with Crippen LogP contribution in [0.1, 0.15) is 28.8 Å². The fraction of sp³-hybridized carbons (Fsp3) is 0.389. The van der Waals surface area contributed by atoms with Gasteiger partial charge in [-0.15, -0.1) is 11.3 Å². The second kappa shape index (κ2) is 6.36. The average molecular weight is 340 g/mol. The van der Waals surface area contributed by atoms with Crippen molar-refractivity contribution in [2.75, 3.05) is 13.1 Å². The minimum Gasteiger partial charge on any atom is -0.338 e. The van der Waals surface area contributed by atoms with Gasteiger partial charge in [0.1, 0.15) is 12.7 Å². The highest BCUT2D eigenvalue weighted by Gasteiger charge is 2.26. The number of carbonyl (C=O) groups is 1. The highest BCUT2D eigenvalue weighted by atomic mass is 32.1. The number of nitrogens with zero attached hydrogens (tertiary/aromatic N) is 4. The number of benzene rings is 1. The number of hydrogen-bond acceptors (Lipinski definition) is 4. The maximum absolute atomic E-state index is 13.0. The lowest BCUT2D eigenvalue weighted by Crippen LogP contribution is -2.41. The van der Waals surface area contributed by atoms with Crippen molar-refractivity contribution in [3.8, 4) is 0 Å². The van der Waals surface area contributed by atoms with Crippen molar-refractivity contribution in [2.45, 2.75) is 26.3 Å². The highest BCUT2D eigenvalue weighted by Crippen LogP contribution is 2.29. The number of piperidine rings is 1. The van der Waals surface area contributed by atoms with Crippen molar-refractivity contribution in [3.05, 3.63) is 47.4 Å². The van der Waals surface area contributed by atoms with Gasteiger partial charge < -0.3 is 4.90 Å². The summed E-state index contributed by atoms with van der Waals surface area (Å²) in [5, 5.41) is 7.27. The van der Waals surface area contributed by atoms with Crippen LogP contribution in [-0.4, -0.2) is 38.7 Å². The Labute approximate surface area is 144 Å². The van der Waals surface area contributed by atoms with Crippen molar-refractivity contribution >= 4 is 27.3 Å². The van der Waals surface area contributed by atoms with E-state index in [4.69, 9.17) is 0 Å². The van der Waals surface area contributed by atoms with Gasteiger partial charge in [-0.2, -0.15) is 5.10 Å². The Balaban J connectivity index is 1.52. The van der Waals surface area contributed by atoms with Gasteiger partial charge >= 0.3 is 0 Å². The molecule has 124 valence electrons. The molecule has 3 heterocycles. The molecule has 1 unspecified atom stereocenters. The highest BCUT2D eigenvalue weighted by molar-refractivity contribution is 7.17. The predicted octanol–water partition coefficient (Wildman–Crippen LogP) is 3.35. The fourth-order valence-electron chi connectivity index (χ4n) is 3.46. The molecule has 4 rings (SSSR count). The minimum atomic E-state index is 0.161. The summed E-state index contributed by atoms with van der Waals surface area (Å²) in [5.41, 5.74) is 2.07. The summed E-state index contributed by atoms with van der Waals surface area (Å²) in [6, 6.07) is 6.31. The number of amides is 1. The molecule has 2 aromatic heterocycles. The van der Waals surface area contributed by atoms with E-state index in [1.807, 2.05) is 15.0 Å². The SMILES string of the molecule is Cc1ccc2c(C(=O)N3CCCC(Cn4cncn4)C3)csc2c1. The van der Waals surface area contributed by atoms with E-state index in [1.54, 1.807) is 24.0 Å². The van der Waals surface area contributed by atoms with Crippen LogP contribution >= 0.6 is 11.3 Å². The second-order valence-electron chi connectivity index (χ2n) is 6.53. The van der Waals surface area contributed by atoms with Crippen LogP contribution in [0.5, 0.6) is 0 Å². The van der Waals surface area contributed by atoms with Gasteiger partial charge in [0.05, 0.1) is 5.56 Å². The number of rotatable bonds is 3. The lowest BCUT2D eigenvalue weighted by atomic mass is 9.97. The topological polar surface area (TPSA) is 51.0 Å². The standard InChI is InChI=1S/C18H20N4OS/c1-13-4-5-15-16(10-24-17(15)7-13)18(23)21-6-2-3-14(8-21)9-22-12-19-11-20-22/h4-5,7,10-12,14H,2-3,6,8-9H2,1H3. The number of fused-ring (bicyclic) bond motifs is 1. The predicted molar refractivity (Wildman–Crippen MR) is 95.2 cm³/mol. The molecule has 0 spiro atoms. The Morgan fingerprint density at radius 1 is 1.42 bits per heavy atom. The summed E-state index contributed by atoms with van der Waals surface area (Å²) in [5.74, 6) is 0.602. The van der Waals surface area contributed by atoms with Crippen molar-refractivity contribution in [1.29, 1.82) is 0 Å². The third-order valence-electron chi connectivity index (χ3n) is 4.68. The lowest BCUT2D eigenvalue weighted by Gasteiger charge is -2.32. The molecule has 1 aliphatic heterocycles. The van der Waals surface area contributed by atoms with Gasteiger partial charge in [-0.3, -0.25) is 9.48 Å². The normalized spacial score (nSPS) is 18.2. The van der Waals surface area contributed by atoms with Crippen molar-refractivity contribution in [2.24, 2.45) is 5.92 Å². The Morgan fingerprint density at radius 3 is 3.17 bits per heavy atom. The molecule has 0 N–H and O–H groups in total. The van der Waals surface area contributed by atoms with Crippen LogP contribution in [0.15, 0.2) is 36.2 Å². The van der Waals surface area contributed by atoms with Gasteiger partial charge in [0.25, 0.3) is 5.91 Å². The van der Waals surface area contributed by atoms with E-state index >= 15 is 0 Å². The Bertz CT molecular complexity index is 855. The van der Waals surface area contributed by atoms with Crippen LogP contribution in [0.2, 0.25) is 0 Å². The molecule has 0 aliphatic carbocycles. The molecule has 1 aliphatic rings. The number of likely N-dealkylation sites (tertiary alicyclic amines) is 1. The Kier molecular flexibility index (Phi) is 4.06. The van der Waals surface area contributed by atoms with Crippen LogP contribution in [0.4, 0.5) is 0 Å². The third-order valence-corrected chi connectivity index (χ3v) is 5.62. The molecule has 24 heavy (non-hydrogen) atoms. The molecule has 1 aromatic carbocycles. The smallest absolute Gasteiger partial charge is 0.255 e. The van der Waals surface area contributed by atoms with E-state index in [-0.39, 0.29) is 5.91 Å². The molecule has 0 radical (unpaired) electrons. The maximum Gasteiger partial charge on any atom is 0.255 e. The molecule has 1 atom stereocenters. The first kappa shape index (κ1) is 15.3. The summed E-state index contributed by atoms with van der Waals surface area (Å²) < 4.78 is 3.05. The number of hydrogen-bond donors (Lipinski definition) is 0. The zero-order valence-corrected chi connectivity index (χ0v) is 14.5. The lowest BCUT2D eigenvalue weighted by molar-refractivity contribution is 0.0662. The molecule has 6 heteroatoms. The monoisotopic (exact) mass is 340 g/mol. The summed E-state index contributed by atoms with van der Waals surface area (Å²) >= 11 is 1.66. The van der Waals surface area contributed by atoms with E-state index in [0.29, 0.717) is 5.92 Å². The van der Waals surface area contributed by atoms with Gasteiger partial charge in [0.2, 0.25) is 0 Å². The summed E-state index contributed by atoms with van der Waals surface area (Å²) in [6.07, 6.45) is 5.49. The molecular formula is C18H20N4OS. The number of aromatic nitrogens is 3. The van der Waals surface area contributed by atoms with E-state index < -0.39 is 0 Å². The van der Waals surface area contributed by atoms with Crippen molar-refractivity contribution in [1.82, 2.24) is 19.7 Å². The number of carbonyl (C=O) groups excluding carboxylic acids is 1. The fourth-order valence-corrected chi connectivity index (χ4v) is 4.49. The zero-order valence-electron chi connectivity index (χ0n) is 13.7. The molecule has 0 bridgehead atoms. The minimum absolute atomic E-state index is 0.161. The number of aryl methyl sites for hydroxylation is 1. The van der Waals surface area contributed by atoms with Crippen LogP contribution in [-0.2, 0) is 6.54 Å². The molecular weight excluding hydrogens is 320 g/mol. The third kappa shape index (κ3) is 2.94.